The van der Waals surface area contributed by atoms with Gasteiger partial charge in [-0.2, -0.15) is 5.10 Å². The van der Waals surface area contributed by atoms with Crippen LogP contribution in [0.25, 0.3) is 0 Å². The number of amides is 2. The normalized spacial score (nSPS) is 16.9. The van der Waals surface area contributed by atoms with E-state index in [1.807, 2.05) is 0 Å². The third-order valence-electron chi connectivity index (χ3n) is 2.07. The molecule has 2 amide bonds. The second kappa shape index (κ2) is 5.24. The lowest BCUT2D eigenvalue weighted by Gasteiger charge is -2.14. The average molecular weight is 227 g/mol. The molecule has 88 valence electrons. The SMILES string of the molecule is COC(=O)[C@@H](C)NC(=O)C1=NNC(=O)CC1. The number of carbonyl (C=O) groups is 3. The van der Waals surface area contributed by atoms with Gasteiger partial charge in [0, 0.05) is 12.8 Å². The number of nitrogens with zero attached hydrogens (tertiary/aromatic N) is 1. The zero-order valence-corrected chi connectivity index (χ0v) is 9.07. The molecular weight excluding hydrogens is 214 g/mol. The lowest BCUT2D eigenvalue weighted by Crippen LogP contribution is -2.44. The largest absolute Gasteiger partial charge is 0.467 e. The number of ether oxygens (including phenoxy) is 1. The quantitative estimate of drug-likeness (QED) is 0.600. The Morgan fingerprint density at radius 2 is 2.19 bits per heavy atom. The molecule has 0 saturated heterocycles. The predicted octanol–water partition coefficient (Wildman–Crippen LogP) is -1.07. The highest BCUT2D eigenvalue weighted by Gasteiger charge is 2.22. The van der Waals surface area contributed by atoms with Crippen molar-refractivity contribution in [3.8, 4) is 0 Å². The van der Waals surface area contributed by atoms with Gasteiger partial charge in [-0.05, 0) is 6.92 Å². The molecule has 0 saturated carbocycles. The molecule has 0 aromatic heterocycles. The fraction of sp³-hybridized carbons (Fsp3) is 0.556. The van der Waals surface area contributed by atoms with Crippen LogP contribution in [-0.4, -0.2) is 36.6 Å². The first-order valence-electron chi connectivity index (χ1n) is 4.78. The van der Waals surface area contributed by atoms with Crippen LogP contribution in [0.3, 0.4) is 0 Å². The Morgan fingerprint density at radius 1 is 1.50 bits per heavy atom. The van der Waals surface area contributed by atoms with Crippen molar-refractivity contribution >= 4 is 23.5 Å². The lowest BCUT2D eigenvalue weighted by molar-refractivity contribution is -0.143. The summed E-state index contributed by atoms with van der Waals surface area (Å²) in [4.78, 5) is 33.4. The van der Waals surface area contributed by atoms with Crippen molar-refractivity contribution < 1.29 is 19.1 Å². The molecule has 0 spiro atoms. The van der Waals surface area contributed by atoms with E-state index in [9.17, 15) is 14.4 Å². The number of hydrogen-bond donors (Lipinski definition) is 2. The van der Waals surface area contributed by atoms with Crippen molar-refractivity contribution in [1.29, 1.82) is 0 Å². The van der Waals surface area contributed by atoms with Crippen LogP contribution in [0.4, 0.5) is 0 Å². The van der Waals surface area contributed by atoms with Crippen LogP contribution in [0.1, 0.15) is 19.8 Å². The van der Waals surface area contributed by atoms with Gasteiger partial charge in [0.2, 0.25) is 5.91 Å². The Balaban J connectivity index is 2.53. The maximum atomic E-state index is 11.5. The van der Waals surface area contributed by atoms with E-state index < -0.39 is 17.9 Å². The average Bonchev–Trinajstić information content (AvgIpc) is 2.28. The number of methoxy groups -OCH3 is 1. The van der Waals surface area contributed by atoms with E-state index in [0.29, 0.717) is 0 Å². The molecule has 1 rings (SSSR count). The number of rotatable bonds is 3. The summed E-state index contributed by atoms with van der Waals surface area (Å²) in [5, 5.41) is 6.02. The van der Waals surface area contributed by atoms with Crippen molar-refractivity contribution in [2.45, 2.75) is 25.8 Å². The molecule has 7 heteroatoms. The lowest BCUT2D eigenvalue weighted by atomic mass is 10.1. The van der Waals surface area contributed by atoms with Gasteiger partial charge in [0.15, 0.2) is 0 Å². The van der Waals surface area contributed by atoms with Crippen molar-refractivity contribution in [3.63, 3.8) is 0 Å². The van der Waals surface area contributed by atoms with Gasteiger partial charge in [0.25, 0.3) is 5.91 Å². The second-order valence-electron chi connectivity index (χ2n) is 3.31. The molecule has 1 aliphatic rings. The molecule has 0 aliphatic carbocycles. The molecule has 0 fully saturated rings. The smallest absolute Gasteiger partial charge is 0.328 e. The highest BCUT2D eigenvalue weighted by molar-refractivity contribution is 6.39. The maximum absolute atomic E-state index is 11.5. The van der Waals surface area contributed by atoms with Crippen molar-refractivity contribution in [2.24, 2.45) is 5.10 Å². The Hall–Kier alpha value is -1.92. The van der Waals surface area contributed by atoms with E-state index in [4.69, 9.17) is 0 Å². The molecule has 0 unspecified atom stereocenters. The molecule has 1 heterocycles. The topological polar surface area (TPSA) is 96.9 Å². The third-order valence-corrected chi connectivity index (χ3v) is 2.07. The van der Waals surface area contributed by atoms with Crippen molar-refractivity contribution in [2.75, 3.05) is 7.11 Å². The molecule has 1 atom stereocenters. The van der Waals surface area contributed by atoms with Gasteiger partial charge in [-0.3, -0.25) is 9.59 Å². The molecule has 1 aliphatic heterocycles. The molecular formula is C9H13N3O4. The van der Waals surface area contributed by atoms with E-state index in [1.54, 1.807) is 0 Å². The van der Waals surface area contributed by atoms with Gasteiger partial charge < -0.3 is 10.1 Å². The van der Waals surface area contributed by atoms with E-state index >= 15 is 0 Å². The standard InChI is InChI=1S/C9H13N3O4/c1-5(9(15)16-2)10-8(14)6-3-4-7(13)12-11-6/h5H,3-4H2,1-2H3,(H,10,14)(H,12,13)/t5-/m1/s1. The number of carbonyl (C=O) groups excluding carboxylic acids is 3. The summed E-state index contributed by atoms with van der Waals surface area (Å²) < 4.78 is 4.45. The van der Waals surface area contributed by atoms with E-state index in [0.717, 1.165) is 0 Å². The van der Waals surface area contributed by atoms with Crippen LogP contribution in [-0.2, 0) is 19.1 Å². The first-order chi connectivity index (χ1) is 7.54. The number of nitrogens with one attached hydrogen (secondary N) is 2. The Morgan fingerprint density at radius 3 is 2.69 bits per heavy atom. The fourth-order valence-corrected chi connectivity index (χ4v) is 1.15. The van der Waals surface area contributed by atoms with Gasteiger partial charge in [0.05, 0.1) is 7.11 Å². The zero-order valence-electron chi connectivity index (χ0n) is 9.07. The predicted molar refractivity (Wildman–Crippen MR) is 54.4 cm³/mol. The molecule has 2 N–H and O–H groups in total. The minimum atomic E-state index is -0.738. The summed E-state index contributed by atoms with van der Waals surface area (Å²) >= 11 is 0. The number of hydrazone groups is 1. The van der Waals surface area contributed by atoms with Gasteiger partial charge in [-0.15, -0.1) is 0 Å². The first kappa shape index (κ1) is 12.2. The summed E-state index contributed by atoms with van der Waals surface area (Å²) in [7, 11) is 1.24. The van der Waals surface area contributed by atoms with Crippen LogP contribution in [0.5, 0.6) is 0 Å². The zero-order chi connectivity index (χ0) is 12.1. The Bertz CT molecular complexity index is 351. The van der Waals surface area contributed by atoms with E-state index in [-0.39, 0.29) is 24.5 Å². The summed E-state index contributed by atoms with van der Waals surface area (Å²) in [5.41, 5.74) is 2.41. The minimum Gasteiger partial charge on any atom is -0.467 e. The number of hydrogen-bond acceptors (Lipinski definition) is 5. The van der Waals surface area contributed by atoms with E-state index in [2.05, 4.69) is 20.6 Å². The summed E-state index contributed by atoms with van der Waals surface area (Å²) in [6, 6.07) is -0.738. The third kappa shape index (κ3) is 3.04. The van der Waals surface area contributed by atoms with Crippen LogP contribution in [0, 0.1) is 0 Å². The summed E-state index contributed by atoms with van der Waals surface area (Å²) in [5.74, 6) is -1.23. The monoisotopic (exact) mass is 227 g/mol. The highest BCUT2D eigenvalue weighted by Crippen LogP contribution is 2.00. The van der Waals surface area contributed by atoms with Gasteiger partial charge >= 0.3 is 5.97 Å². The second-order valence-corrected chi connectivity index (χ2v) is 3.31. The van der Waals surface area contributed by atoms with Gasteiger partial charge in [-0.1, -0.05) is 0 Å². The van der Waals surface area contributed by atoms with Crippen molar-refractivity contribution in [3.05, 3.63) is 0 Å². The van der Waals surface area contributed by atoms with Crippen LogP contribution >= 0.6 is 0 Å². The molecule has 0 aromatic carbocycles. The Labute approximate surface area is 92.2 Å². The molecule has 0 radical (unpaired) electrons. The van der Waals surface area contributed by atoms with Crippen LogP contribution < -0.4 is 10.7 Å². The van der Waals surface area contributed by atoms with Crippen LogP contribution in [0.15, 0.2) is 5.10 Å². The van der Waals surface area contributed by atoms with Gasteiger partial charge in [-0.25, -0.2) is 10.2 Å². The van der Waals surface area contributed by atoms with Crippen LogP contribution in [0.2, 0.25) is 0 Å². The van der Waals surface area contributed by atoms with Gasteiger partial charge in [0.1, 0.15) is 11.8 Å². The fourth-order valence-electron chi connectivity index (χ4n) is 1.15. The summed E-state index contributed by atoms with van der Waals surface area (Å²) in [6.07, 6.45) is 0.490. The minimum absolute atomic E-state index is 0.204. The Kier molecular flexibility index (Phi) is 3.98. The first-order valence-corrected chi connectivity index (χ1v) is 4.78. The summed E-state index contributed by atoms with van der Waals surface area (Å²) in [6.45, 7) is 1.51. The number of esters is 1. The van der Waals surface area contributed by atoms with E-state index in [1.165, 1.54) is 14.0 Å². The van der Waals surface area contributed by atoms with Crippen molar-refractivity contribution in [1.82, 2.24) is 10.7 Å². The molecule has 16 heavy (non-hydrogen) atoms. The maximum Gasteiger partial charge on any atom is 0.328 e. The molecule has 0 aromatic rings. The highest BCUT2D eigenvalue weighted by atomic mass is 16.5. The molecule has 7 nitrogen and oxygen atoms in total. The molecule has 0 bridgehead atoms.